The second-order valence-electron chi connectivity index (χ2n) is 3.32. The number of aliphatic hydroxyl groups excluding tert-OH is 1. The highest BCUT2D eigenvalue weighted by atomic mass is 16.4. The van der Waals surface area contributed by atoms with Crippen molar-refractivity contribution < 1.29 is 9.52 Å². The van der Waals surface area contributed by atoms with Crippen molar-refractivity contribution >= 4 is 11.1 Å². The maximum atomic E-state index is 9.48. The molecule has 0 aliphatic carbocycles. The van der Waals surface area contributed by atoms with Gasteiger partial charge in [0.25, 0.3) is 0 Å². The van der Waals surface area contributed by atoms with Gasteiger partial charge >= 0.3 is 0 Å². The van der Waals surface area contributed by atoms with Gasteiger partial charge in [0.05, 0.1) is 0 Å². The van der Waals surface area contributed by atoms with E-state index in [1.807, 2.05) is 14.0 Å². The van der Waals surface area contributed by atoms with Gasteiger partial charge in [0.1, 0.15) is 23.1 Å². The maximum absolute atomic E-state index is 9.48. The zero-order chi connectivity index (χ0) is 10.3. The van der Waals surface area contributed by atoms with Gasteiger partial charge in [0, 0.05) is 19.7 Å². The third kappa shape index (κ3) is 1.21. The topological polar surface area (TPSA) is 77.2 Å². The molecule has 5 heteroatoms. The standard InChI is InChI=1S/C9H13N3O2/c1-5-9-6(12(2)11-5)3-8(14-9)7(13)4-10/h3,7,13H,4,10H2,1-2H3. The fourth-order valence-corrected chi connectivity index (χ4v) is 1.50. The number of rotatable bonds is 2. The zero-order valence-electron chi connectivity index (χ0n) is 8.19. The Balaban J connectivity index is 2.57. The fourth-order valence-electron chi connectivity index (χ4n) is 1.50. The molecule has 1 atom stereocenters. The predicted octanol–water partition coefficient (Wildman–Crippen LogP) is 0.467. The van der Waals surface area contributed by atoms with E-state index in [0.717, 1.165) is 16.8 Å². The maximum Gasteiger partial charge on any atom is 0.175 e. The van der Waals surface area contributed by atoms with Gasteiger partial charge < -0.3 is 15.3 Å². The molecule has 0 spiro atoms. The van der Waals surface area contributed by atoms with Crippen LogP contribution in [0.1, 0.15) is 17.6 Å². The molecular weight excluding hydrogens is 182 g/mol. The van der Waals surface area contributed by atoms with Crippen molar-refractivity contribution in [1.29, 1.82) is 0 Å². The summed E-state index contributed by atoms with van der Waals surface area (Å²) in [5.74, 6) is 0.499. The van der Waals surface area contributed by atoms with E-state index in [1.54, 1.807) is 10.7 Å². The van der Waals surface area contributed by atoms with Crippen molar-refractivity contribution in [3.8, 4) is 0 Å². The molecule has 5 nitrogen and oxygen atoms in total. The van der Waals surface area contributed by atoms with E-state index in [9.17, 15) is 5.11 Å². The Kier molecular flexibility index (Phi) is 2.05. The second kappa shape index (κ2) is 3.11. The Bertz CT molecular complexity index is 423. The van der Waals surface area contributed by atoms with Gasteiger partial charge in [-0.2, -0.15) is 5.10 Å². The molecule has 76 valence electrons. The third-order valence-corrected chi connectivity index (χ3v) is 2.26. The lowest BCUT2D eigenvalue weighted by molar-refractivity contribution is 0.160. The van der Waals surface area contributed by atoms with Crippen LogP contribution in [0.2, 0.25) is 0 Å². The molecule has 0 aromatic carbocycles. The molecule has 0 radical (unpaired) electrons. The summed E-state index contributed by atoms with van der Waals surface area (Å²) in [4.78, 5) is 0. The minimum atomic E-state index is -0.734. The molecule has 2 aromatic rings. The molecule has 2 aromatic heterocycles. The van der Waals surface area contributed by atoms with E-state index in [4.69, 9.17) is 10.2 Å². The van der Waals surface area contributed by atoms with Gasteiger partial charge in [-0.05, 0) is 6.92 Å². The van der Waals surface area contributed by atoms with E-state index in [1.165, 1.54) is 0 Å². The van der Waals surface area contributed by atoms with Crippen LogP contribution in [-0.4, -0.2) is 21.4 Å². The molecule has 0 aliphatic rings. The van der Waals surface area contributed by atoms with Crippen molar-refractivity contribution in [2.45, 2.75) is 13.0 Å². The highest BCUT2D eigenvalue weighted by Gasteiger charge is 2.15. The Morgan fingerprint density at radius 1 is 1.71 bits per heavy atom. The van der Waals surface area contributed by atoms with E-state index in [2.05, 4.69) is 5.10 Å². The van der Waals surface area contributed by atoms with Crippen LogP contribution in [0.15, 0.2) is 10.5 Å². The summed E-state index contributed by atoms with van der Waals surface area (Å²) in [7, 11) is 1.84. The molecule has 0 fully saturated rings. The third-order valence-electron chi connectivity index (χ3n) is 2.26. The molecule has 1 unspecified atom stereocenters. The number of nitrogens with zero attached hydrogens (tertiary/aromatic N) is 2. The van der Waals surface area contributed by atoms with Gasteiger partial charge in [-0.15, -0.1) is 0 Å². The number of hydrogen-bond donors (Lipinski definition) is 2. The molecule has 0 bridgehead atoms. The summed E-state index contributed by atoms with van der Waals surface area (Å²) in [6, 6.07) is 1.77. The van der Waals surface area contributed by atoms with E-state index in [0.29, 0.717) is 5.76 Å². The number of aromatic nitrogens is 2. The van der Waals surface area contributed by atoms with Crippen LogP contribution in [0, 0.1) is 6.92 Å². The first-order valence-electron chi connectivity index (χ1n) is 4.44. The highest BCUT2D eigenvalue weighted by Crippen LogP contribution is 2.25. The van der Waals surface area contributed by atoms with Crippen molar-refractivity contribution in [2.75, 3.05) is 6.54 Å². The molecule has 0 saturated carbocycles. The van der Waals surface area contributed by atoms with Gasteiger partial charge in [-0.25, -0.2) is 0 Å². The lowest BCUT2D eigenvalue weighted by atomic mass is 10.3. The quantitative estimate of drug-likeness (QED) is 0.730. The number of nitrogens with two attached hydrogens (primary N) is 1. The van der Waals surface area contributed by atoms with Gasteiger partial charge in [0.2, 0.25) is 0 Å². The Labute approximate surface area is 81.1 Å². The number of hydrogen-bond acceptors (Lipinski definition) is 4. The van der Waals surface area contributed by atoms with Gasteiger partial charge in [-0.3, -0.25) is 4.68 Å². The smallest absolute Gasteiger partial charge is 0.175 e. The summed E-state index contributed by atoms with van der Waals surface area (Å²) < 4.78 is 7.18. The van der Waals surface area contributed by atoms with Crippen molar-refractivity contribution in [3.05, 3.63) is 17.5 Å². The zero-order valence-corrected chi connectivity index (χ0v) is 8.19. The summed E-state index contributed by atoms with van der Waals surface area (Å²) in [6.45, 7) is 2.02. The monoisotopic (exact) mass is 195 g/mol. The van der Waals surface area contributed by atoms with E-state index >= 15 is 0 Å². The number of aryl methyl sites for hydroxylation is 2. The summed E-state index contributed by atoms with van der Waals surface area (Å²) in [5.41, 5.74) is 7.75. The number of fused-ring (bicyclic) bond motifs is 1. The van der Waals surface area contributed by atoms with Gasteiger partial charge in [-0.1, -0.05) is 0 Å². The largest absolute Gasteiger partial charge is 0.455 e. The second-order valence-corrected chi connectivity index (χ2v) is 3.32. The first-order valence-corrected chi connectivity index (χ1v) is 4.44. The molecule has 3 N–H and O–H groups in total. The van der Waals surface area contributed by atoms with Crippen molar-refractivity contribution in [3.63, 3.8) is 0 Å². The molecule has 14 heavy (non-hydrogen) atoms. The van der Waals surface area contributed by atoms with Gasteiger partial charge in [0.15, 0.2) is 5.58 Å². The lowest BCUT2D eigenvalue weighted by Gasteiger charge is -2.01. The van der Waals surface area contributed by atoms with E-state index in [-0.39, 0.29) is 6.54 Å². The van der Waals surface area contributed by atoms with Crippen LogP contribution in [0.4, 0.5) is 0 Å². The highest BCUT2D eigenvalue weighted by molar-refractivity contribution is 5.76. The molecular formula is C9H13N3O2. The molecule has 0 aliphatic heterocycles. The summed E-state index contributed by atoms with van der Waals surface area (Å²) >= 11 is 0. The van der Waals surface area contributed by atoms with Crippen molar-refractivity contribution in [1.82, 2.24) is 9.78 Å². The summed E-state index contributed by atoms with van der Waals surface area (Å²) in [5, 5.41) is 13.7. The van der Waals surface area contributed by atoms with Crippen LogP contribution in [0.25, 0.3) is 11.1 Å². The molecule has 0 amide bonds. The van der Waals surface area contributed by atoms with Crippen LogP contribution >= 0.6 is 0 Å². The first kappa shape index (κ1) is 9.23. The minimum absolute atomic E-state index is 0.159. The normalized spacial score (nSPS) is 13.7. The van der Waals surface area contributed by atoms with Crippen LogP contribution < -0.4 is 5.73 Å². The Morgan fingerprint density at radius 2 is 2.43 bits per heavy atom. The van der Waals surface area contributed by atoms with Crippen molar-refractivity contribution in [2.24, 2.45) is 12.8 Å². The van der Waals surface area contributed by atoms with E-state index < -0.39 is 6.10 Å². The fraction of sp³-hybridized carbons (Fsp3) is 0.444. The Morgan fingerprint density at radius 3 is 3.00 bits per heavy atom. The summed E-state index contributed by atoms with van der Waals surface area (Å²) in [6.07, 6.45) is -0.734. The number of furan rings is 1. The first-order chi connectivity index (χ1) is 6.63. The minimum Gasteiger partial charge on any atom is -0.455 e. The average Bonchev–Trinajstić information content (AvgIpc) is 2.69. The van der Waals surface area contributed by atoms with Crippen LogP contribution in [0.3, 0.4) is 0 Å². The van der Waals surface area contributed by atoms with Crippen LogP contribution in [0.5, 0.6) is 0 Å². The lowest BCUT2D eigenvalue weighted by Crippen LogP contribution is -2.10. The SMILES string of the molecule is Cc1nn(C)c2cc(C(O)CN)oc12. The van der Waals surface area contributed by atoms with Crippen LogP contribution in [-0.2, 0) is 7.05 Å². The Hall–Kier alpha value is -1.33. The molecule has 2 rings (SSSR count). The molecule has 0 saturated heterocycles. The average molecular weight is 195 g/mol. The molecule has 2 heterocycles. The predicted molar refractivity (Wildman–Crippen MR) is 51.7 cm³/mol. The number of aliphatic hydroxyl groups is 1.